The van der Waals surface area contributed by atoms with Crippen molar-refractivity contribution in [2.24, 2.45) is 0 Å². The van der Waals surface area contributed by atoms with Crippen LogP contribution < -0.4 is 0 Å². The van der Waals surface area contributed by atoms with Crippen LogP contribution in [0.4, 0.5) is 0 Å². The van der Waals surface area contributed by atoms with Gasteiger partial charge in [0.15, 0.2) is 0 Å². The van der Waals surface area contributed by atoms with Crippen molar-refractivity contribution in [2.75, 3.05) is 0 Å². The number of benzene rings is 11. The molecule has 0 saturated carbocycles. The Morgan fingerprint density at radius 1 is 0.310 bits per heavy atom. The van der Waals surface area contributed by atoms with Gasteiger partial charge in [-0.2, -0.15) is 0 Å². The number of hydrogen-bond donors (Lipinski definition) is 0. The maximum absolute atomic E-state index is 6.78. The van der Waals surface area contributed by atoms with Crippen LogP contribution in [-0.2, 0) is 0 Å². The summed E-state index contributed by atoms with van der Waals surface area (Å²) in [6.45, 7) is 0. The second-order valence-corrected chi connectivity index (χ2v) is 16.6. The summed E-state index contributed by atoms with van der Waals surface area (Å²) in [6.07, 6.45) is 0. The van der Waals surface area contributed by atoms with Gasteiger partial charge in [-0.15, -0.1) is 11.3 Å². The maximum Gasteiger partial charge on any atom is 0.136 e. The molecule has 0 unspecified atom stereocenters. The van der Waals surface area contributed by atoms with Gasteiger partial charge in [0.2, 0.25) is 0 Å². The van der Waals surface area contributed by atoms with Gasteiger partial charge in [-0.05, 0) is 112 Å². The lowest BCUT2D eigenvalue weighted by Crippen LogP contribution is -1.91. The van der Waals surface area contributed by atoms with Crippen LogP contribution in [0.2, 0.25) is 0 Å². The average molecular weight is 753 g/mol. The van der Waals surface area contributed by atoms with Crippen LogP contribution in [0.15, 0.2) is 199 Å². The van der Waals surface area contributed by atoms with Crippen LogP contribution in [0.25, 0.3) is 129 Å². The van der Waals surface area contributed by atoms with Crippen LogP contribution in [-0.4, -0.2) is 0 Å². The summed E-state index contributed by atoms with van der Waals surface area (Å²) in [4.78, 5) is 0. The monoisotopic (exact) mass is 752 g/mol. The maximum atomic E-state index is 6.78. The molecule has 268 valence electrons. The number of rotatable bonds is 3. The molecule has 0 radical (unpaired) electrons. The SMILES string of the molecule is c1ccc2c(-c3c4ccccc4c(-c4ccc5c(c4)oc4cc(-c6ccc7c(c6)sc6c8ccccc8c8ccccc8c76)ccc45)c4ccccc34)cccc2c1. The van der Waals surface area contributed by atoms with E-state index in [9.17, 15) is 0 Å². The molecule has 2 aromatic heterocycles. The van der Waals surface area contributed by atoms with Gasteiger partial charge in [-0.1, -0.05) is 164 Å². The first-order valence-corrected chi connectivity index (χ1v) is 20.7. The molecule has 11 aromatic carbocycles. The highest BCUT2D eigenvalue weighted by Crippen LogP contribution is 2.47. The van der Waals surface area contributed by atoms with E-state index in [0.717, 1.165) is 33.1 Å². The molecule has 0 atom stereocenters. The molecule has 0 saturated heterocycles. The third kappa shape index (κ3) is 4.52. The quantitative estimate of drug-likeness (QED) is 0.129. The Balaban J connectivity index is 0.964. The number of furan rings is 1. The van der Waals surface area contributed by atoms with Crippen molar-refractivity contribution in [3.05, 3.63) is 194 Å². The molecule has 13 aromatic rings. The second-order valence-electron chi connectivity index (χ2n) is 15.5. The predicted octanol–water partition coefficient (Wildman–Crippen LogP) is 16.7. The molecule has 13 rings (SSSR count). The lowest BCUT2D eigenvalue weighted by Gasteiger charge is -2.18. The molecule has 2 heteroatoms. The molecule has 0 N–H and O–H groups in total. The van der Waals surface area contributed by atoms with Crippen molar-refractivity contribution in [1.82, 2.24) is 0 Å². The van der Waals surface area contributed by atoms with Gasteiger partial charge in [-0.25, -0.2) is 0 Å². The topological polar surface area (TPSA) is 13.1 Å². The minimum Gasteiger partial charge on any atom is -0.456 e. The average Bonchev–Trinajstić information content (AvgIpc) is 3.86. The molecular formula is C56H32OS. The Hall–Kier alpha value is -7.26. The summed E-state index contributed by atoms with van der Waals surface area (Å²) in [6, 6.07) is 71.3. The minimum absolute atomic E-state index is 0.898. The van der Waals surface area contributed by atoms with E-state index in [4.69, 9.17) is 4.42 Å². The van der Waals surface area contributed by atoms with E-state index in [2.05, 4.69) is 194 Å². The zero-order valence-corrected chi connectivity index (χ0v) is 32.1. The predicted molar refractivity (Wildman–Crippen MR) is 250 cm³/mol. The van der Waals surface area contributed by atoms with E-state index in [1.54, 1.807) is 0 Å². The molecule has 2 heterocycles. The first-order chi connectivity index (χ1) is 28.8. The highest BCUT2D eigenvalue weighted by Gasteiger charge is 2.20. The van der Waals surface area contributed by atoms with Gasteiger partial charge in [-0.3, -0.25) is 0 Å². The van der Waals surface area contributed by atoms with Gasteiger partial charge >= 0.3 is 0 Å². The molecule has 58 heavy (non-hydrogen) atoms. The Kier molecular flexibility index (Phi) is 6.66. The normalized spacial score (nSPS) is 12.1. The van der Waals surface area contributed by atoms with Gasteiger partial charge in [0.05, 0.1) is 0 Å². The van der Waals surface area contributed by atoms with Crippen molar-refractivity contribution in [2.45, 2.75) is 0 Å². The number of fused-ring (bicyclic) bond motifs is 14. The van der Waals surface area contributed by atoms with Crippen molar-refractivity contribution in [3.8, 4) is 33.4 Å². The standard InChI is InChI=1S/C56H32OS/c1-2-14-37-33(12-1)13-11-23-42(37)54-46-20-8-6-18-44(46)53(45-19-7-9-21-47(45)54)36-26-28-41-40-27-24-34(30-50(40)57-51(41)31-36)35-25-29-49-52(32-35)58-56-48-22-10-4-16-39(48)38-15-3-5-17-43(38)55(49)56/h1-32H. The van der Waals surface area contributed by atoms with Gasteiger partial charge in [0.1, 0.15) is 11.2 Å². The summed E-state index contributed by atoms with van der Waals surface area (Å²) in [7, 11) is 0. The van der Waals surface area contributed by atoms with E-state index in [-0.39, 0.29) is 0 Å². The van der Waals surface area contributed by atoms with Crippen LogP contribution in [0, 0.1) is 0 Å². The van der Waals surface area contributed by atoms with E-state index in [1.165, 1.54) is 96.3 Å². The van der Waals surface area contributed by atoms with Crippen LogP contribution >= 0.6 is 11.3 Å². The van der Waals surface area contributed by atoms with E-state index in [1.807, 2.05) is 11.3 Å². The molecule has 0 spiro atoms. The molecule has 0 bridgehead atoms. The molecule has 0 aliphatic heterocycles. The fraction of sp³-hybridized carbons (Fsp3) is 0. The fourth-order valence-corrected chi connectivity index (χ4v) is 11.2. The third-order valence-electron chi connectivity index (χ3n) is 12.4. The number of hydrogen-bond acceptors (Lipinski definition) is 2. The third-order valence-corrected chi connectivity index (χ3v) is 13.6. The van der Waals surface area contributed by atoms with Gasteiger partial charge in [0, 0.05) is 36.3 Å². The van der Waals surface area contributed by atoms with Crippen molar-refractivity contribution < 1.29 is 4.42 Å². The summed E-state index contributed by atoms with van der Waals surface area (Å²) in [5, 5.41) is 17.7. The lowest BCUT2D eigenvalue weighted by atomic mass is 9.84. The van der Waals surface area contributed by atoms with Crippen LogP contribution in [0.1, 0.15) is 0 Å². The van der Waals surface area contributed by atoms with Crippen LogP contribution in [0.5, 0.6) is 0 Å². The lowest BCUT2D eigenvalue weighted by molar-refractivity contribution is 0.669. The summed E-state index contributed by atoms with van der Waals surface area (Å²) in [5.41, 5.74) is 9.07. The molecular weight excluding hydrogens is 721 g/mol. The van der Waals surface area contributed by atoms with Gasteiger partial charge < -0.3 is 4.42 Å². The first-order valence-electron chi connectivity index (χ1n) is 19.9. The van der Waals surface area contributed by atoms with E-state index >= 15 is 0 Å². The Bertz CT molecular complexity index is 3800. The van der Waals surface area contributed by atoms with Crippen LogP contribution in [0.3, 0.4) is 0 Å². The Morgan fingerprint density at radius 3 is 1.48 bits per heavy atom. The van der Waals surface area contributed by atoms with E-state index < -0.39 is 0 Å². The molecule has 1 nitrogen and oxygen atoms in total. The highest BCUT2D eigenvalue weighted by atomic mass is 32.1. The Labute approximate surface area is 337 Å². The molecule has 0 amide bonds. The van der Waals surface area contributed by atoms with Crippen molar-refractivity contribution in [3.63, 3.8) is 0 Å². The second kappa shape index (κ2) is 12.1. The summed E-state index contributed by atoms with van der Waals surface area (Å²) in [5.74, 6) is 0. The number of thiophene rings is 1. The Morgan fingerprint density at radius 2 is 0.793 bits per heavy atom. The van der Waals surface area contributed by atoms with Gasteiger partial charge in [0.25, 0.3) is 0 Å². The zero-order valence-electron chi connectivity index (χ0n) is 31.3. The highest BCUT2D eigenvalue weighted by molar-refractivity contribution is 7.27. The minimum atomic E-state index is 0.898. The summed E-state index contributed by atoms with van der Waals surface area (Å²) >= 11 is 1.90. The summed E-state index contributed by atoms with van der Waals surface area (Å²) < 4.78 is 9.43. The van der Waals surface area contributed by atoms with Crippen molar-refractivity contribution in [1.29, 1.82) is 0 Å². The zero-order chi connectivity index (χ0) is 37.9. The smallest absolute Gasteiger partial charge is 0.136 e. The van der Waals surface area contributed by atoms with E-state index in [0.29, 0.717) is 0 Å². The first kappa shape index (κ1) is 31.9. The molecule has 0 fully saturated rings. The fourth-order valence-electron chi connectivity index (χ4n) is 9.87. The molecule has 0 aliphatic rings. The molecule has 0 aliphatic carbocycles. The largest absolute Gasteiger partial charge is 0.456 e. The van der Waals surface area contributed by atoms with Crippen molar-refractivity contribution >= 4 is 107 Å².